The van der Waals surface area contributed by atoms with Crippen molar-refractivity contribution < 1.29 is 20.0 Å². The van der Waals surface area contributed by atoms with E-state index in [0.29, 0.717) is 48.5 Å². The number of piperidine rings is 1. The number of carbonyl (C=O) groups excluding carboxylic acids is 1. The molecule has 0 aliphatic carbocycles. The van der Waals surface area contributed by atoms with E-state index >= 15 is 0 Å². The molecule has 1 aromatic heterocycles. The molecule has 2 aromatic carbocycles. The van der Waals surface area contributed by atoms with Gasteiger partial charge in [-0.15, -0.1) is 0 Å². The lowest BCUT2D eigenvalue weighted by molar-refractivity contribution is -0.618. The van der Waals surface area contributed by atoms with Crippen molar-refractivity contribution in [2.45, 2.75) is 38.5 Å². The SMILES string of the molecule is CCC(=O)N1CC([NH2+]c2ncnc(N)c2C(=N)c2ccc(Oc3ccccc3)cc2)CCC1O. The summed E-state index contributed by atoms with van der Waals surface area (Å²) in [7, 11) is 0. The number of likely N-dealkylation sites (tertiary alicyclic amines) is 1. The molecule has 9 heteroatoms. The highest BCUT2D eigenvalue weighted by molar-refractivity contribution is 6.15. The van der Waals surface area contributed by atoms with E-state index in [4.69, 9.17) is 15.9 Å². The van der Waals surface area contributed by atoms with E-state index in [1.807, 2.05) is 35.6 Å². The Morgan fingerprint density at radius 2 is 1.85 bits per heavy atom. The number of nitrogens with two attached hydrogens (primary N) is 2. The number of para-hydroxylation sites is 1. The quantitative estimate of drug-likeness (QED) is 0.397. The largest absolute Gasteiger partial charge is 0.457 e. The molecule has 176 valence electrons. The van der Waals surface area contributed by atoms with Gasteiger partial charge in [0.25, 0.3) is 0 Å². The number of anilines is 1. The number of benzene rings is 2. The molecule has 0 saturated carbocycles. The van der Waals surface area contributed by atoms with E-state index in [-0.39, 0.29) is 23.5 Å². The van der Waals surface area contributed by atoms with Gasteiger partial charge in [0.05, 0.1) is 12.3 Å². The summed E-state index contributed by atoms with van der Waals surface area (Å²) in [5.74, 6) is 2.07. The van der Waals surface area contributed by atoms with E-state index in [9.17, 15) is 9.90 Å². The highest BCUT2D eigenvalue weighted by Crippen LogP contribution is 2.24. The highest BCUT2D eigenvalue weighted by atomic mass is 16.5. The molecule has 2 heterocycles. The van der Waals surface area contributed by atoms with Gasteiger partial charge in [-0.2, -0.15) is 4.98 Å². The molecule has 1 saturated heterocycles. The molecule has 2 unspecified atom stereocenters. The minimum atomic E-state index is -0.762. The van der Waals surface area contributed by atoms with E-state index in [1.165, 1.54) is 11.2 Å². The van der Waals surface area contributed by atoms with Crippen molar-refractivity contribution >= 4 is 23.3 Å². The first-order chi connectivity index (χ1) is 16.5. The van der Waals surface area contributed by atoms with Crippen molar-refractivity contribution in [3.05, 3.63) is 72.1 Å². The molecule has 2 atom stereocenters. The van der Waals surface area contributed by atoms with Gasteiger partial charge in [-0.05, 0) is 42.8 Å². The molecule has 1 amide bonds. The Balaban J connectivity index is 1.52. The number of carbonyl (C=O) groups is 1. The molecule has 3 aromatic rings. The van der Waals surface area contributed by atoms with Crippen LogP contribution in [0.4, 0.5) is 11.6 Å². The minimum Gasteiger partial charge on any atom is -0.457 e. The Kier molecular flexibility index (Phi) is 7.15. The van der Waals surface area contributed by atoms with Crippen LogP contribution in [0.25, 0.3) is 0 Å². The fourth-order valence-electron chi connectivity index (χ4n) is 4.07. The summed E-state index contributed by atoms with van der Waals surface area (Å²) in [5, 5.41) is 20.9. The van der Waals surface area contributed by atoms with Gasteiger partial charge in [-0.3, -0.25) is 15.5 Å². The maximum Gasteiger partial charge on any atom is 0.239 e. The summed E-state index contributed by atoms with van der Waals surface area (Å²) >= 11 is 0. The Morgan fingerprint density at radius 3 is 2.56 bits per heavy atom. The first-order valence-corrected chi connectivity index (χ1v) is 11.3. The maximum atomic E-state index is 12.2. The predicted octanol–water partition coefficient (Wildman–Crippen LogP) is 2.18. The Hall–Kier alpha value is -3.82. The van der Waals surface area contributed by atoms with Crippen LogP contribution in [0.15, 0.2) is 60.9 Å². The van der Waals surface area contributed by atoms with Crippen LogP contribution >= 0.6 is 0 Å². The Bertz CT molecular complexity index is 1150. The number of ether oxygens (including phenoxy) is 1. The second-order valence-corrected chi connectivity index (χ2v) is 8.22. The van der Waals surface area contributed by atoms with E-state index in [1.54, 1.807) is 31.2 Å². The summed E-state index contributed by atoms with van der Waals surface area (Å²) in [6, 6.07) is 16.7. The summed E-state index contributed by atoms with van der Waals surface area (Å²) in [6.07, 6.45) is 2.15. The van der Waals surface area contributed by atoms with Crippen LogP contribution in [0.5, 0.6) is 11.5 Å². The molecule has 6 N–H and O–H groups in total. The zero-order valence-corrected chi connectivity index (χ0v) is 19.0. The fourth-order valence-corrected chi connectivity index (χ4v) is 4.07. The van der Waals surface area contributed by atoms with E-state index < -0.39 is 6.23 Å². The fraction of sp³-hybridized carbons (Fsp3) is 0.280. The molecule has 0 radical (unpaired) electrons. The number of rotatable bonds is 7. The molecule has 1 aliphatic rings. The topological polar surface area (TPSA) is 142 Å². The number of hydrogen-bond donors (Lipinski definition) is 4. The van der Waals surface area contributed by atoms with Crippen LogP contribution in [-0.4, -0.2) is 50.4 Å². The predicted molar refractivity (Wildman–Crippen MR) is 128 cm³/mol. The third-order valence-electron chi connectivity index (χ3n) is 5.88. The normalized spacial score (nSPS) is 17.9. The van der Waals surface area contributed by atoms with Crippen LogP contribution in [0.1, 0.15) is 37.3 Å². The van der Waals surface area contributed by atoms with Crippen molar-refractivity contribution in [2.24, 2.45) is 0 Å². The second kappa shape index (κ2) is 10.4. The van der Waals surface area contributed by atoms with Gasteiger partial charge in [0, 0.05) is 18.4 Å². The lowest BCUT2D eigenvalue weighted by Crippen LogP contribution is -2.88. The van der Waals surface area contributed by atoms with Gasteiger partial charge in [-0.25, -0.2) is 4.98 Å². The van der Waals surface area contributed by atoms with Gasteiger partial charge in [-0.1, -0.05) is 25.1 Å². The van der Waals surface area contributed by atoms with Crippen LogP contribution < -0.4 is 15.8 Å². The average Bonchev–Trinajstić information content (AvgIpc) is 2.85. The smallest absolute Gasteiger partial charge is 0.239 e. The van der Waals surface area contributed by atoms with Crippen LogP contribution in [-0.2, 0) is 4.79 Å². The number of quaternary nitrogens is 1. The number of nitrogen functional groups attached to an aromatic ring is 1. The van der Waals surface area contributed by atoms with Crippen LogP contribution in [0.3, 0.4) is 0 Å². The summed E-state index contributed by atoms with van der Waals surface area (Å²) in [4.78, 5) is 22.2. The lowest BCUT2D eigenvalue weighted by Gasteiger charge is -2.35. The molecule has 0 spiro atoms. The lowest BCUT2D eigenvalue weighted by atomic mass is 10.0. The number of nitrogens with one attached hydrogen (secondary N) is 1. The van der Waals surface area contributed by atoms with Gasteiger partial charge >= 0.3 is 0 Å². The monoisotopic (exact) mass is 461 g/mol. The molecule has 9 nitrogen and oxygen atoms in total. The summed E-state index contributed by atoms with van der Waals surface area (Å²) in [5.41, 5.74) is 7.47. The number of aliphatic hydroxyl groups is 1. The van der Waals surface area contributed by atoms with Crippen LogP contribution in [0.2, 0.25) is 0 Å². The van der Waals surface area contributed by atoms with Crippen molar-refractivity contribution in [3.63, 3.8) is 0 Å². The Labute approximate surface area is 198 Å². The second-order valence-electron chi connectivity index (χ2n) is 8.22. The molecule has 4 rings (SSSR count). The number of hydrogen-bond acceptors (Lipinski definition) is 7. The molecular weight excluding hydrogens is 432 g/mol. The van der Waals surface area contributed by atoms with Crippen molar-refractivity contribution in [1.82, 2.24) is 14.9 Å². The van der Waals surface area contributed by atoms with Gasteiger partial charge in [0.15, 0.2) is 0 Å². The highest BCUT2D eigenvalue weighted by Gasteiger charge is 2.33. The zero-order valence-electron chi connectivity index (χ0n) is 19.0. The molecular formula is C25H29N6O3+. The molecule has 0 bridgehead atoms. The third kappa shape index (κ3) is 5.22. The molecule has 1 fully saturated rings. The number of nitrogens with zero attached hydrogens (tertiary/aromatic N) is 3. The standard InChI is InChI=1S/C25H28N6O3/c1-2-20(32)31-14-17(10-13-21(31)33)30-25-22(24(27)28-15-29-25)23(26)16-8-11-19(12-9-16)34-18-6-4-3-5-7-18/h3-9,11-12,15,17,21,26,33H,2,10,13-14H2,1H3,(H3,27,28,29,30)/p+1. The third-order valence-corrected chi connectivity index (χ3v) is 5.88. The van der Waals surface area contributed by atoms with Gasteiger partial charge < -0.3 is 20.5 Å². The number of aliphatic hydroxyl groups excluding tert-OH is 1. The van der Waals surface area contributed by atoms with E-state index in [0.717, 1.165) is 5.75 Å². The van der Waals surface area contributed by atoms with Crippen molar-refractivity contribution in [2.75, 3.05) is 12.3 Å². The zero-order chi connectivity index (χ0) is 24.1. The molecule has 34 heavy (non-hydrogen) atoms. The average molecular weight is 462 g/mol. The van der Waals surface area contributed by atoms with Gasteiger partial charge in [0.1, 0.15) is 41.5 Å². The number of amides is 1. The summed E-state index contributed by atoms with van der Waals surface area (Å²) in [6.45, 7) is 2.18. The summed E-state index contributed by atoms with van der Waals surface area (Å²) < 4.78 is 5.84. The van der Waals surface area contributed by atoms with E-state index in [2.05, 4.69) is 9.97 Å². The first-order valence-electron chi connectivity index (χ1n) is 11.3. The first kappa shape index (κ1) is 23.3. The van der Waals surface area contributed by atoms with Crippen LogP contribution in [0, 0.1) is 5.41 Å². The maximum absolute atomic E-state index is 12.2. The van der Waals surface area contributed by atoms with Crippen molar-refractivity contribution in [3.8, 4) is 11.5 Å². The van der Waals surface area contributed by atoms with Gasteiger partial charge in [0.2, 0.25) is 11.7 Å². The molecule has 1 aliphatic heterocycles. The Morgan fingerprint density at radius 1 is 1.15 bits per heavy atom. The minimum absolute atomic E-state index is 0.0126. The van der Waals surface area contributed by atoms with Crippen molar-refractivity contribution in [1.29, 1.82) is 5.41 Å². The number of aromatic nitrogens is 2.